The Balaban J connectivity index is 1.79. The summed E-state index contributed by atoms with van der Waals surface area (Å²) in [6.45, 7) is 5.98. The first-order valence-corrected chi connectivity index (χ1v) is 10.5. The predicted molar refractivity (Wildman–Crippen MR) is 120 cm³/mol. The van der Waals surface area contributed by atoms with Crippen molar-refractivity contribution in [1.29, 1.82) is 0 Å². The van der Waals surface area contributed by atoms with E-state index in [1.165, 1.54) is 18.3 Å². The van der Waals surface area contributed by atoms with Gasteiger partial charge in [-0.25, -0.2) is 4.39 Å². The maximum Gasteiger partial charge on any atom is 0.254 e. The number of aromatic nitrogens is 1. The van der Waals surface area contributed by atoms with Gasteiger partial charge in [0, 0.05) is 42.9 Å². The molecule has 31 heavy (non-hydrogen) atoms. The van der Waals surface area contributed by atoms with Crippen molar-refractivity contribution in [2.45, 2.75) is 25.9 Å². The van der Waals surface area contributed by atoms with Gasteiger partial charge in [-0.15, -0.1) is 0 Å². The number of amides is 1. The van der Waals surface area contributed by atoms with E-state index in [1.54, 1.807) is 16.7 Å². The molecule has 1 aliphatic heterocycles. The molecule has 1 fully saturated rings. The van der Waals surface area contributed by atoms with Gasteiger partial charge in [-0.2, -0.15) is 0 Å². The third kappa shape index (κ3) is 4.38. The fourth-order valence-corrected chi connectivity index (χ4v) is 4.16. The van der Waals surface area contributed by atoms with Crippen molar-refractivity contribution in [3.05, 3.63) is 75.8 Å². The van der Waals surface area contributed by atoms with Gasteiger partial charge in [-0.3, -0.25) is 14.5 Å². The Morgan fingerprint density at radius 2 is 1.87 bits per heavy atom. The highest BCUT2D eigenvalue weighted by Crippen LogP contribution is 2.21. The molecule has 0 spiro atoms. The molecule has 0 aliphatic carbocycles. The molecule has 1 aromatic heterocycles. The molecule has 2 heterocycles. The number of fused-ring (bicyclic) bond motifs is 1. The van der Waals surface area contributed by atoms with E-state index in [1.807, 2.05) is 18.2 Å². The van der Waals surface area contributed by atoms with Crippen molar-refractivity contribution in [2.75, 3.05) is 26.7 Å². The normalized spacial score (nSPS) is 18.2. The summed E-state index contributed by atoms with van der Waals surface area (Å²) in [5, 5.41) is 0.428. The minimum Gasteiger partial charge on any atom is -0.365 e. The Hall–Kier alpha value is -3.03. The van der Waals surface area contributed by atoms with Gasteiger partial charge in [-0.1, -0.05) is 6.07 Å². The van der Waals surface area contributed by atoms with Crippen molar-refractivity contribution in [3.63, 3.8) is 0 Å². The Bertz CT molecular complexity index is 1170. The van der Waals surface area contributed by atoms with Gasteiger partial charge in [-0.05, 0) is 68.9 Å². The smallest absolute Gasteiger partial charge is 0.254 e. The second-order valence-corrected chi connectivity index (χ2v) is 8.35. The quantitative estimate of drug-likeness (QED) is 0.702. The number of hydrogen-bond donors (Lipinski definition) is 1. The van der Waals surface area contributed by atoms with Crippen LogP contribution in [0.2, 0.25) is 0 Å². The van der Waals surface area contributed by atoms with E-state index in [2.05, 4.69) is 23.8 Å². The van der Waals surface area contributed by atoms with Gasteiger partial charge in [0.15, 0.2) is 0 Å². The van der Waals surface area contributed by atoms with Crippen molar-refractivity contribution in [2.24, 2.45) is 5.73 Å². The van der Waals surface area contributed by atoms with Crippen LogP contribution in [0, 0.1) is 5.82 Å². The van der Waals surface area contributed by atoms with Crippen molar-refractivity contribution in [3.8, 4) is 5.69 Å². The standard InChI is InChI=1S/C24H27FN4O2/c1-16-9-10-27(2)11-12-28(16)14-17-3-8-22-20(13-17)23(30)21(24(26)31)15-29(22)19-6-4-18(25)5-7-19/h3-8,13,15-16H,9-12,14H2,1-2H3,(H2,26,31). The molecule has 1 aliphatic rings. The monoisotopic (exact) mass is 422 g/mol. The Labute approximate surface area is 180 Å². The SMILES string of the molecule is CC1CCN(C)CCN1Cc1ccc2c(c1)c(=O)c(C(N)=O)cn2-c1ccc(F)cc1. The Morgan fingerprint density at radius 3 is 2.58 bits per heavy atom. The fraction of sp³-hybridized carbons (Fsp3) is 0.333. The van der Waals surface area contributed by atoms with Gasteiger partial charge >= 0.3 is 0 Å². The van der Waals surface area contributed by atoms with E-state index < -0.39 is 5.91 Å². The van der Waals surface area contributed by atoms with Crippen molar-refractivity contribution in [1.82, 2.24) is 14.4 Å². The lowest BCUT2D eigenvalue weighted by Crippen LogP contribution is -2.34. The van der Waals surface area contributed by atoms with Gasteiger partial charge < -0.3 is 15.2 Å². The predicted octanol–water partition coefficient (Wildman–Crippen LogP) is 2.75. The van der Waals surface area contributed by atoms with E-state index in [4.69, 9.17) is 5.73 Å². The number of carbonyl (C=O) groups is 1. The highest BCUT2D eigenvalue weighted by atomic mass is 19.1. The van der Waals surface area contributed by atoms with E-state index in [-0.39, 0.29) is 16.8 Å². The third-order valence-electron chi connectivity index (χ3n) is 6.14. The molecule has 0 saturated carbocycles. The minimum atomic E-state index is -0.780. The number of primary amides is 1. The average molecular weight is 423 g/mol. The molecule has 1 amide bonds. The van der Waals surface area contributed by atoms with Crippen LogP contribution >= 0.6 is 0 Å². The number of hydrogen-bond acceptors (Lipinski definition) is 4. The Kier molecular flexibility index (Phi) is 5.89. The second kappa shape index (κ2) is 8.61. The van der Waals surface area contributed by atoms with Crippen LogP contribution in [0.5, 0.6) is 0 Å². The van der Waals surface area contributed by atoms with E-state index >= 15 is 0 Å². The summed E-state index contributed by atoms with van der Waals surface area (Å²) in [4.78, 5) is 29.7. The van der Waals surface area contributed by atoms with Crippen LogP contribution in [0.15, 0.2) is 53.5 Å². The van der Waals surface area contributed by atoms with Crippen LogP contribution in [-0.2, 0) is 6.54 Å². The lowest BCUT2D eigenvalue weighted by molar-refractivity contribution is 0.0999. The fourth-order valence-electron chi connectivity index (χ4n) is 4.16. The molecule has 2 aromatic carbocycles. The first-order valence-electron chi connectivity index (χ1n) is 10.5. The van der Waals surface area contributed by atoms with Gasteiger partial charge in [0.2, 0.25) is 5.43 Å². The number of nitrogens with two attached hydrogens (primary N) is 1. The molecular weight excluding hydrogens is 395 g/mol. The van der Waals surface area contributed by atoms with Crippen LogP contribution in [-0.4, -0.2) is 53.0 Å². The molecule has 7 heteroatoms. The first-order chi connectivity index (χ1) is 14.8. The number of carbonyl (C=O) groups excluding carboxylic acids is 1. The lowest BCUT2D eigenvalue weighted by atomic mass is 10.1. The lowest BCUT2D eigenvalue weighted by Gasteiger charge is -2.26. The number of pyridine rings is 1. The summed E-state index contributed by atoms with van der Waals surface area (Å²) < 4.78 is 15.1. The summed E-state index contributed by atoms with van der Waals surface area (Å²) in [6.07, 6.45) is 2.53. The van der Waals surface area contributed by atoms with E-state index in [0.29, 0.717) is 22.6 Å². The molecule has 162 valence electrons. The zero-order valence-electron chi connectivity index (χ0n) is 17.8. The summed E-state index contributed by atoms with van der Waals surface area (Å²) >= 11 is 0. The number of rotatable bonds is 4. The summed E-state index contributed by atoms with van der Waals surface area (Å²) in [5.41, 5.74) is 7.32. The summed E-state index contributed by atoms with van der Waals surface area (Å²) in [6, 6.07) is 12.1. The van der Waals surface area contributed by atoms with Gasteiger partial charge in [0.05, 0.1) is 5.52 Å². The third-order valence-corrected chi connectivity index (χ3v) is 6.14. The number of benzene rings is 2. The number of halogens is 1. The Morgan fingerprint density at radius 1 is 1.13 bits per heavy atom. The van der Waals surface area contributed by atoms with Crippen LogP contribution in [0.3, 0.4) is 0 Å². The molecule has 4 rings (SSSR count). The summed E-state index contributed by atoms with van der Waals surface area (Å²) in [5.74, 6) is -1.14. The van der Waals surface area contributed by atoms with Gasteiger partial charge in [0.25, 0.3) is 5.91 Å². The van der Waals surface area contributed by atoms with Crippen LogP contribution in [0.25, 0.3) is 16.6 Å². The second-order valence-electron chi connectivity index (χ2n) is 8.35. The molecule has 2 N–H and O–H groups in total. The molecule has 6 nitrogen and oxygen atoms in total. The molecule has 1 atom stereocenters. The zero-order valence-corrected chi connectivity index (χ0v) is 17.8. The first kappa shape index (κ1) is 21.2. The number of nitrogens with zero attached hydrogens (tertiary/aromatic N) is 3. The average Bonchev–Trinajstić information content (AvgIpc) is 2.90. The molecular formula is C24H27FN4O2. The minimum absolute atomic E-state index is 0.0845. The molecule has 0 bridgehead atoms. The van der Waals surface area contributed by atoms with Crippen LogP contribution in [0.4, 0.5) is 4.39 Å². The highest BCUT2D eigenvalue weighted by Gasteiger charge is 2.20. The van der Waals surface area contributed by atoms with Crippen molar-refractivity contribution >= 4 is 16.8 Å². The number of likely N-dealkylation sites (N-methyl/N-ethyl adjacent to an activating group) is 1. The maximum absolute atomic E-state index is 13.4. The highest BCUT2D eigenvalue weighted by molar-refractivity contribution is 5.96. The van der Waals surface area contributed by atoms with Crippen molar-refractivity contribution < 1.29 is 9.18 Å². The molecule has 1 unspecified atom stereocenters. The maximum atomic E-state index is 13.4. The van der Waals surface area contributed by atoms with Crippen LogP contribution < -0.4 is 11.2 Å². The van der Waals surface area contributed by atoms with Gasteiger partial charge in [0.1, 0.15) is 11.4 Å². The van der Waals surface area contributed by atoms with Crippen LogP contribution in [0.1, 0.15) is 29.3 Å². The topological polar surface area (TPSA) is 71.6 Å². The van der Waals surface area contributed by atoms with E-state index in [9.17, 15) is 14.0 Å². The summed E-state index contributed by atoms with van der Waals surface area (Å²) in [7, 11) is 2.13. The molecule has 3 aromatic rings. The largest absolute Gasteiger partial charge is 0.365 e. The molecule has 1 saturated heterocycles. The van der Waals surface area contributed by atoms with E-state index in [0.717, 1.165) is 38.2 Å². The zero-order chi connectivity index (χ0) is 22.1. The molecule has 0 radical (unpaired) electrons.